The minimum atomic E-state index is -0.876. The minimum absolute atomic E-state index is 0.130. The van der Waals surface area contributed by atoms with Gasteiger partial charge in [-0.1, -0.05) is 18.6 Å². The number of hydrogen-bond acceptors (Lipinski definition) is 8. The molecule has 2 rings (SSSR count). The van der Waals surface area contributed by atoms with Crippen molar-refractivity contribution in [2.45, 2.75) is 57.7 Å². The van der Waals surface area contributed by atoms with E-state index in [1.807, 2.05) is 12.1 Å². The average molecular weight is 474 g/mol. The number of allylic oxidation sites excluding steroid dienone is 1. The maximum Gasteiger partial charge on any atom is 0.311 e. The Hall–Kier alpha value is -3.40. The molecule has 0 bridgehead atoms. The number of ether oxygens (including phenoxy) is 2. The van der Waals surface area contributed by atoms with Crippen LogP contribution in [0.3, 0.4) is 0 Å². The van der Waals surface area contributed by atoms with E-state index >= 15 is 0 Å². The van der Waals surface area contributed by atoms with Crippen molar-refractivity contribution in [2.24, 2.45) is 17.4 Å². The van der Waals surface area contributed by atoms with Gasteiger partial charge in [0.2, 0.25) is 5.91 Å². The van der Waals surface area contributed by atoms with E-state index in [4.69, 9.17) is 26.4 Å². The van der Waals surface area contributed by atoms with E-state index in [0.29, 0.717) is 43.7 Å². The molecule has 0 spiro atoms. The highest BCUT2D eigenvalue weighted by atomic mass is 16.5. The Morgan fingerprint density at radius 3 is 2.56 bits per heavy atom. The second-order valence-corrected chi connectivity index (χ2v) is 8.37. The molecular weight excluding hydrogens is 438 g/mol. The van der Waals surface area contributed by atoms with E-state index in [1.54, 1.807) is 26.2 Å². The molecule has 1 aliphatic rings. The summed E-state index contributed by atoms with van der Waals surface area (Å²) in [7, 11) is 1.58. The lowest BCUT2D eigenvalue weighted by molar-refractivity contribution is -0.150. The molecule has 0 aliphatic heterocycles. The molecule has 3 unspecified atom stereocenters. The summed E-state index contributed by atoms with van der Waals surface area (Å²) in [6.07, 6.45) is 4.06. The first kappa shape index (κ1) is 26.8. The van der Waals surface area contributed by atoms with Crippen LogP contribution in [0.25, 0.3) is 0 Å². The van der Waals surface area contributed by atoms with Crippen LogP contribution in [0.1, 0.15) is 44.6 Å². The Labute approximate surface area is 199 Å². The minimum Gasteiger partial charge on any atom is -0.497 e. The summed E-state index contributed by atoms with van der Waals surface area (Å²) in [5.41, 5.74) is 11.9. The zero-order chi connectivity index (χ0) is 25.1. The van der Waals surface area contributed by atoms with Gasteiger partial charge >= 0.3 is 5.97 Å². The molecule has 2 amide bonds. The highest BCUT2D eigenvalue weighted by Gasteiger charge is 2.36. The zero-order valence-corrected chi connectivity index (χ0v) is 19.8. The van der Waals surface area contributed by atoms with Crippen LogP contribution in [-0.2, 0) is 25.7 Å². The van der Waals surface area contributed by atoms with Crippen molar-refractivity contribution in [3.05, 3.63) is 41.6 Å². The summed E-state index contributed by atoms with van der Waals surface area (Å²) >= 11 is 0. The number of amides is 2. The van der Waals surface area contributed by atoms with Gasteiger partial charge in [-0.15, -0.1) is 0 Å². The molecule has 3 atom stereocenters. The van der Waals surface area contributed by atoms with Crippen molar-refractivity contribution in [1.82, 2.24) is 10.6 Å². The molecule has 10 nitrogen and oxygen atoms in total. The van der Waals surface area contributed by atoms with E-state index in [0.717, 1.165) is 12.0 Å². The van der Waals surface area contributed by atoms with Gasteiger partial charge in [-0.05, 0) is 62.9 Å². The van der Waals surface area contributed by atoms with Crippen molar-refractivity contribution in [2.75, 3.05) is 13.7 Å². The highest BCUT2D eigenvalue weighted by Crippen LogP contribution is 2.27. The Balaban J connectivity index is 1.96. The molecule has 1 saturated carbocycles. The molecule has 186 valence electrons. The molecule has 7 N–H and O–H groups in total. The largest absolute Gasteiger partial charge is 0.497 e. The van der Waals surface area contributed by atoms with Crippen LogP contribution in [0.4, 0.5) is 0 Å². The lowest BCUT2D eigenvalue weighted by Gasteiger charge is -2.24. The standard InChI is InChI=1S/C24H35N5O5/c1-15(26)13-19(27)22(30)29-21(7-4-12-25)23(31)28-20-6-3-5-18(20)24(32)34-14-16-8-10-17(33-2)11-9-16/h8-11,13,18,20-21,27H,3-7,12,14,25-26H2,1-2H3,(H,28,31)(H,29,30)/b15-13-,27-19?. The van der Waals surface area contributed by atoms with Crippen LogP contribution in [0, 0.1) is 11.3 Å². The van der Waals surface area contributed by atoms with Crippen molar-refractivity contribution >= 4 is 23.5 Å². The fourth-order valence-corrected chi connectivity index (χ4v) is 3.80. The number of carbonyl (C=O) groups is 3. The van der Waals surface area contributed by atoms with Crippen molar-refractivity contribution < 1.29 is 23.9 Å². The number of rotatable bonds is 12. The van der Waals surface area contributed by atoms with Gasteiger partial charge in [0.05, 0.1) is 13.0 Å². The normalized spacial score (nSPS) is 18.6. The second-order valence-electron chi connectivity index (χ2n) is 8.37. The van der Waals surface area contributed by atoms with Gasteiger partial charge in [0.25, 0.3) is 5.91 Å². The van der Waals surface area contributed by atoms with Crippen LogP contribution in [0.2, 0.25) is 0 Å². The Morgan fingerprint density at radius 1 is 1.24 bits per heavy atom. The smallest absolute Gasteiger partial charge is 0.311 e. The molecule has 1 aromatic carbocycles. The third kappa shape index (κ3) is 8.18. The Bertz CT molecular complexity index is 896. The Morgan fingerprint density at radius 2 is 1.94 bits per heavy atom. The highest BCUT2D eigenvalue weighted by molar-refractivity contribution is 6.42. The fourth-order valence-electron chi connectivity index (χ4n) is 3.80. The fraction of sp³-hybridized carbons (Fsp3) is 0.500. The second kappa shape index (κ2) is 13.3. The number of methoxy groups -OCH3 is 1. The summed E-state index contributed by atoms with van der Waals surface area (Å²) in [5.74, 6) is -1.23. The van der Waals surface area contributed by atoms with Crippen molar-refractivity contribution in [3.63, 3.8) is 0 Å². The average Bonchev–Trinajstić information content (AvgIpc) is 3.27. The van der Waals surface area contributed by atoms with E-state index in [1.165, 1.54) is 6.08 Å². The quantitative estimate of drug-likeness (QED) is 0.224. The van der Waals surface area contributed by atoms with Crippen LogP contribution in [-0.4, -0.2) is 49.2 Å². The van der Waals surface area contributed by atoms with Gasteiger partial charge in [0.15, 0.2) is 0 Å². The third-order valence-electron chi connectivity index (χ3n) is 5.62. The summed E-state index contributed by atoms with van der Waals surface area (Å²) in [5, 5.41) is 13.3. The van der Waals surface area contributed by atoms with Gasteiger partial charge in [0.1, 0.15) is 24.1 Å². The summed E-state index contributed by atoms with van der Waals surface area (Å²) < 4.78 is 10.6. The van der Waals surface area contributed by atoms with E-state index < -0.39 is 29.8 Å². The monoisotopic (exact) mass is 473 g/mol. The number of nitrogens with two attached hydrogens (primary N) is 2. The van der Waals surface area contributed by atoms with E-state index in [9.17, 15) is 14.4 Å². The van der Waals surface area contributed by atoms with Gasteiger partial charge < -0.3 is 31.6 Å². The molecule has 1 fully saturated rings. The van der Waals surface area contributed by atoms with E-state index in [-0.39, 0.29) is 18.3 Å². The van der Waals surface area contributed by atoms with Gasteiger partial charge in [0, 0.05) is 11.7 Å². The van der Waals surface area contributed by atoms with Gasteiger partial charge in [-0.3, -0.25) is 19.8 Å². The maximum atomic E-state index is 13.0. The molecule has 1 aromatic rings. The lowest BCUT2D eigenvalue weighted by atomic mass is 10.0. The van der Waals surface area contributed by atoms with Crippen LogP contribution in [0.15, 0.2) is 36.0 Å². The number of hydrogen-bond donors (Lipinski definition) is 5. The molecule has 10 heteroatoms. The number of benzene rings is 1. The zero-order valence-electron chi connectivity index (χ0n) is 19.8. The summed E-state index contributed by atoms with van der Waals surface area (Å²) in [6, 6.07) is 5.97. The summed E-state index contributed by atoms with van der Waals surface area (Å²) in [6.45, 7) is 2.04. The first-order valence-electron chi connectivity index (χ1n) is 11.4. The van der Waals surface area contributed by atoms with E-state index in [2.05, 4.69) is 10.6 Å². The first-order chi connectivity index (χ1) is 16.2. The molecule has 0 saturated heterocycles. The first-order valence-corrected chi connectivity index (χ1v) is 11.4. The molecule has 0 radical (unpaired) electrons. The number of esters is 1. The molecule has 1 aliphatic carbocycles. The SMILES string of the molecule is COc1ccc(COC(=O)C2CCCC2NC(=O)C(CCCN)NC(=O)C(=N)/C=C(/C)N)cc1. The Kier molecular flexibility index (Phi) is 10.5. The molecule has 0 heterocycles. The molecule has 0 aromatic heterocycles. The summed E-state index contributed by atoms with van der Waals surface area (Å²) in [4.78, 5) is 38.0. The topological polar surface area (TPSA) is 170 Å². The predicted octanol–water partition coefficient (Wildman–Crippen LogP) is 1.13. The lowest BCUT2D eigenvalue weighted by Crippen LogP contribution is -2.52. The van der Waals surface area contributed by atoms with Crippen molar-refractivity contribution in [3.8, 4) is 5.75 Å². The van der Waals surface area contributed by atoms with Crippen molar-refractivity contribution in [1.29, 1.82) is 5.41 Å². The van der Waals surface area contributed by atoms with Crippen LogP contribution in [0.5, 0.6) is 5.75 Å². The number of nitrogens with one attached hydrogen (secondary N) is 3. The molecular formula is C24H35N5O5. The predicted molar refractivity (Wildman–Crippen MR) is 128 cm³/mol. The third-order valence-corrected chi connectivity index (χ3v) is 5.62. The van der Waals surface area contributed by atoms with Gasteiger partial charge in [-0.2, -0.15) is 0 Å². The van der Waals surface area contributed by atoms with Gasteiger partial charge in [-0.25, -0.2) is 0 Å². The molecule has 34 heavy (non-hydrogen) atoms. The maximum absolute atomic E-state index is 13.0. The van der Waals surface area contributed by atoms with Crippen LogP contribution < -0.4 is 26.8 Å². The van der Waals surface area contributed by atoms with Crippen LogP contribution >= 0.6 is 0 Å². The number of carbonyl (C=O) groups excluding carboxylic acids is 3.